The molecule has 6 nitrogen and oxygen atoms in total. The number of hydrogen-bond acceptors (Lipinski definition) is 3. The van der Waals surface area contributed by atoms with Crippen molar-refractivity contribution in [1.82, 2.24) is 14.4 Å². The predicted octanol–water partition coefficient (Wildman–Crippen LogP) is 3.19. The van der Waals surface area contributed by atoms with Crippen molar-refractivity contribution in [3.8, 4) is 5.75 Å². The van der Waals surface area contributed by atoms with E-state index in [1.807, 2.05) is 16.4 Å². The Morgan fingerprint density at radius 2 is 2.00 bits per heavy atom. The Bertz CT molecular complexity index is 1050. The van der Waals surface area contributed by atoms with Crippen molar-refractivity contribution in [3.63, 3.8) is 0 Å². The summed E-state index contributed by atoms with van der Waals surface area (Å²) in [5.41, 5.74) is 1.89. The first-order valence-electron chi connectivity index (χ1n) is 9.87. The van der Waals surface area contributed by atoms with Gasteiger partial charge < -0.3 is 19.5 Å². The number of fused-ring (bicyclic) bond motifs is 3. The molecule has 1 aliphatic carbocycles. The van der Waals surface area contributed by atoms with Gasteiger partial charge in [0.1, 0.15) is 11.4 Å². The van der Waals surface area contributed by atoms with Crippen LogP contribution in [0.1, 0.15) is 51.9 Å². The summed E-state index contributed by atoms with van der Waals surface area (Å²) in [6, 6.07) is 4.65. The molecule has 1 fully saturated rings. The van der Waals surface area contributed by atoms with Gasteiger partial charge in [-0.25, -0.2) is 4.39 Å². The summed E-state index contributed by atoms with van der Waals surface area (Å²) in [7, 11) is 0. The molecule has 2 aromatic rings. The summed E-state index contributed by atoms with van der Waals surface area (Å²) in [5.74, 6) is -1.23. The van der Waals surface area contributed by atoms with Gasteiger partial charge in [-0.3, -0.25) is 9.59 Å². The van der Waals surface area contributed by atoms with Crippen LogP contribution < -0.4 is 0 Å². The van der Waals surface area contributed by atoms with E-state index in [-0.39, 0.29) is 52.5 Å². The second-order valence-electron chi connectivity index (χ2n) is 8.15. The molecule has 0 radical (unpaired) electrons. The average Bonchev–Trinajstić information content (AvgIpc) is 3.45. The van der Waals surface area contributed by atoms with Gasteiger partial charge in [-0.2, -0.15) is 0 Å². The third-order valence-corrected chi connectivity index (χ3v) is 6.41. The molecule has 0 bridgehead atoms. The lowest BCUT2D eigenvalue weighted by Crippen LogP contribution is -2.48. The van der Waals surface area contributed by atoms with E-state index in [4.69, 9.17) is 11.6 Å². The molecule has 1 aromatic carbocycles. The van der Waals surface area contributed by atoms with E-state index in [1.54, 1.807) is 11.0 Å². The molecule has 3 aliphatic rings. The van der Waals surface area contributed by atoms with E-state index in [2.05, 4.69) is 0 Å². The molecule has 1 aromatic heterocycles. The molecule has 1 saturated carbocycles. The van der Waals surface area contributed by atoms with E-state index in [1.165, 1.54) is 12.1 Å². The predicted molar refractivity (Wildman–Crippen MR) is 105 cm³/mol. The number of amides is 2. The lowest BCUT2D eigenvalue weighted by molar-refractivity contribution is 0.0586. The van der Waals surface area contributed by atoms with Crippen LogP contribution in [0.4, 0.5) is 4.39 Å². The van der Waals surface area contributed by atoms with Gasteiger partial charge in [-0.15, -0.1) is 0 Å². The zero-order valence-corrected chi connectivity index (χ0v) is 16.7. The highest BCUT2D eigenvalue weighted by Gasteiger charge is 2.45. The minimum absolute atomic E-state index is 0.00887. The van der Waals surface area contributed by atoms with Crippen molar-refractivity contribution in [2.45, 2.75) is 51.4 Å². The molecule has 2 amide bonds. The molecule has 0 spiro atoms. The first-order valence-corrected chi connectivity index (χ1v) is 10.2. The zero-order chi connectivity index (χ0) is 20.4. The second-order valence-corrected chi connectivity index (χ2v) is 8.55. The topological polar surface area (TPSA) is 65.8 Å². The molecule has 5 rings (SSSR count). The number of halogens is 2. The maximum atomic E-state index is 13.4. The van der Waals surface area contributed by atoms with E-state index in [9.17, 15) is 19.1 Å². The van der Waals surface area contributed by atoms with Crippen molar-refractivity contribution in [3.05, 3.63) is 51.6 Å². The third-order valence-electron chi connectivity index (χ3n) is 6.12. The number of hydrogen-bond donors (Lipinski definition) is 1. The Kier molecular flexibility index (Phi) is 4.13. The van der Waals surface area contributed by atoms with Gasteiger partial charge in [0.15, 0.2) is 11.4 Å². The minimum Gasteiger partial charge on any atom is -0.505 e. The van der Waals surface area contributed by atoms with Gasteiger partial charge in [0.2, 0.25) is 0 Å². The lowest BCUT2D eigenvalue weighted by atomic mass is 10.0. The van der Waals surface area contributed by atoms with Crippen molar-refractivity contribution in [2.75, 3.05) is 6.54 Å². The van der Waals surface area contributed by atoms with E-state index in [0.717, 1.165) is 18.5 Å². The van der Waals surface area contributed by atoms with Gasteiger partial charge in [-0.05, 0) is 37.5 Å². The fourth-order valence-corrected chi connectivity index (χ4v) is 4.82. The van der Waals surface area contributed by atoms with Crippen LogP contribution in [-0.4, -0.2) is 49.9 Å². The van der Waals surface area contributed by atoms with Gasteiger partial charge in [0.25, 0.3) is 11.8 Å². The standard InChI is InChI=1S/C21H21ClFN3O3/c1-11-9-25-16-6-7-24(10-12-2-5-15(23)14(22)8-12)20(28)17(16)19(27)18(25)21(29)26(11)13-3-4-13/h2,5,8,11,13,27H,3-4,6-7,9-10H2,1H3/t11-/m0/s1. The number of carbonyl (C=O) groups excluding carboxylic acids is 2. The Morgan fingerprint density at radius 3 is 2.69 bits per heavy atom. The summed E-state index contributed by atoms with van der Waals surface area (Å²) in [4.78, 5) is 29.7. The Balaban J connectivity index is 1.48. The second kappa shape index (κ2) is 6.49. The van der Waals surface area contributed by atoms with Crippen molar-refractivity contribution >= 4 is 23.4 Å². The molecule has 1 atom stereocenters. The van der Waals surface area contributed by atoms with Crippen LogP contribution in [0, 0.1) is 5.82 Å². The fourth-order valence-electron chi connectivity index (χ4n) is 4.62. The van der Waals surface area contributed by atoms with Crippen molar-refractivity contribution < 1.29 is 19.1 Å². The monoisotopic (exact) mass is 417 g/mol. The molecular formula is C21H21ClFN3O3. The average molecular weight is 418 g/mol. The van der Waals surface area contributed by atoms with Gasteiger partial charge in [0, 0.05) is 43.8 Å². The summed E-state index contributed by atoms with van der Waals surface area (Å²) < 4.78 is 15.2. The molecule has 29 heavy (non-hydrogen) atoms. The number of aromatic hydroxyl groups is 1. The molecule has 3 heterocycles. The number of rotatable bonds is 3. The molecule has 1 N–H and O–H groups in total. The maximum absolute atomic E-state index is 13.4. The van der Waals surface area contributed by atoms with Crippen LogP contribution in [0.3, 0.4) is 0 Å². The molecule has 2 aliphatic heterocycles. The number of nitrogens with zero attached hydrogens (tertiary/aromatic N) is 3. The SMILES string of the molecule is C[C@H]1Cn2c3c(c(O)c2C(=O)N1C1CC1)C(=O)N(Cc1ccc(F)c(Cl)c1)CC3. The fraction of sp³-hybridized carbons (Fsp3) is 0.429. The minimum atomic E-state index is -0.506. The van der Waals surface area contributed by atoms with Gasteiger partial charge in [-0.1, -0.05) is 17.7 Å². The number of carbonyl (C=O) groups is 2. The molecular weight excluding hydrogens is 397 g/mol. The Morgan fingerprint density at radius 1 is 1.24 bits per heavy atom. The molecule has 0 saturated heterocycles. The summed E-state index contributed by atoms with van der Waals surface area (Å²) >= 11 is 5.85. The van der Waals surface area contributed by atoms with Crippen LogP contribution in [0.2, 0.25) is 5.02 Å². The Labute approximate surface area is 172 Å². The first-order chi connectivity index (χ1) is 13.9. The van der Waals surface area contributed by atoms with Crippen LogP contribution in [0.5, 0.6) is 5.75 Å². The van der Waals surface area contributed by atoms with Gasteiger partial charge in [0.05, 0.1) is 5.02 Å². The van der Waals surface area contributed by atoms with Crippen molar-refractivity contribution in [2.24, 2.45) is 0 Å². The molecule has 8 heteroatoms. The van der Waals surface area contributed by atoms with E-state index >= 15 is 0 Å². The maximum Gasteiger partial charge on any atom is 0.274 e. The van der Waals surface area contributed by atoms with E-state index < -0.39 is 5.82 Å². The third kappa shape index (κ3) is 2.82. The summed E-state index contributed by atoms with van der Waals surface area (Å²) in [6.45, 7) is 3.31. The smallest absolute Gasteiger partial charge is 0.274 e. The highest BCUT2D eigenvalue weighted by Crippen LogP contribution is 2.41. The summed E-state index contributed by atoms with van der Waals surface area (Å²) in [6.07, 6.45) is 2.53. The van der Waals surface area contributed by atoms with E-state index in [0.29, 0.717) is 25.1 Å². The van der Waals surface area contributed by atoms with Crippen molar-refractivity contribution in [1.29, 1.82) is 0 Å². The van der Waals surface area contributed by atoms with Crippen LogP contribution in [0.15, 0.2) is 18.2 Å². The van der Waals surface area contributed by atoms with Crippen LogP contribution in [0.25, 0.3) is 0 Å². The lowest BCUT2D eigenvalue weighted by Gasteiger charge is -2.35. The number of aromatic nitrogens is 1. The van der Waals surface area contributed by atoms with Crippen LogP contribution in [-0.2, 0) is 19.5 Å². The molecule has 0 unspecified atom stereocenters. The highest BCUT2D eigenvalue weighted by atomic mass is 35.5. The zero-order valence-electron chi connectivity index (χ0n) is 16.0. The normalized spacial score (nSPS) is 21.4. The number of benzene rings is 1. The van der Waals surface area contributed by atoms with Crippen LogP contribution >= 0.6 is 11.6 Å². The largest absolute Gasteiger partial charge is 0.505 e. The Hall–Kier alpha value is -2.54. The molecule has 152 valence electrons. The van der Waals surface area contributed by atoms with Gasteiger partial charge >= 0.3 is 0 Å². The highest BCUT2D eigenvalue weighted by molar-refractivity contribution is 6.30. The quantitative estimate of drug-likeness (QED) is 0.834. The summed E-state index contributed by atoms with van der Waals surface area (Å²) in [5, 5.41) is 10.9. The first kappa shape index (κ1) is 18.5.